The van der Waals surface area contributed by atoms with Crippen molar-refractivity contribution in [2.45, 2.75) is 70.0 Å². The highest BCUT2D eigenvalue weighted by atomic mass is 32.2. The van der Waals surface area contributed by atoms with E-state index in [1.807, 2.05) is 12.1 Å². The van der Waals surface area contributed by atoms with Crippen molar-refractivity contribution in [1.29, 1.82) is 0 Å². The number of carbonyl (C=O) groups excluding carboxylic acids is 1. The van der Waals surface area contributed by atoms with Gasteiger partial charge in [0.25, 0.3) is 0 Å². The van der Waals surface area contributed by atoms with E-state index in [4.69, 9.17) is 4.74 Å². The van der Waals surface area contributed by atoms with Crippen LogP contribution in [0.25, 0.3) is 0 Å². The van der Waals surface area contributed by atoms with Crippen LogP contribution in [-0.4, -0.2) is 55.6 Å². The van der Waals surface area contributed by atoms with Crippen LogP contribution in [0.15, 0.2) is 18.3 Å². The summed E-state index contributed by atoms with van der Waals surface area (Å²) in [6.07, 6.45) is 5.55. The molecule has 2 heterocycles. The number of nitrogens with zero attached hydrogens (tertiary/aromatic N) is 2. The molecule has 28 heavy (non-hydrogen) atoms. The summed E-state index contributed by atoms with van der Waals surface area (Å²) >= 11 is 0. The van der Waals surface area contributed by atoms with E-state index in [9.17, 15) is 13.2 Å². The van der Waals surface area contributed by atoms with Gasteiger partial charge in [-0.05, 0) is 38.3 Å². The van der Waals surface area contributed by atoms with Gasteiger partial charge in [-0.2, -0.15) is 0 Å². The van der Waals surface area contributed by atoms with Gasteiger partial charge in [-0.1, -0.05) is 18.9 Å². The fourth-order valence-corrected chi connectivity index (χ4v) is 5.87. The Kier molecular flexibility index (Phi) is 6.93. The molecule has 0 unspecified atom stereocenters. The zero-order valence-electron chi connectivity index (χ0n) is 16.8. The Morgan fingerprint density at radius 2 is 1.89 bits per heavy atom. The first kappa shape index (κ1) is 21.0. The molecule has 7 nitrogen and oxygen atoms in total. The van der Waals surface area contributed by atoms with Gasteiger partial charge < -0.3 is 15.0 Å². The van der Waals surface area contributed by atoms with Crippen LogP contribution < -0.4 is 10.2 Å². The largest absolute Gasteiger partial charge is 0.372 e. The van der Waals surface area contributed by atoms with Crippen molar-refractivity contribution >= 4 is 21.6 Å². The van der Waals surface area contributed by atoms with E-state index >= 15 is 0 Å². The number of hydrogen-bond donors (Lipinski definition) is 1. The number of amides is 1. The average molecular weight is 410 g/mol. The maximum absolute atomic E-state index is 12.2. The average Bonchev–Trinajstić information content (AvgIpc) is 3.20. The number of aromatic nitrogens is 1. The molecule has 1 N–H and O–H groups in total. The molecular weight excluding hydrogens is 378 g/mol. The van der Waals surface area contributed by atoms with Crippen LogP contribution in [0.4, 0.5) is 5.82 Å². The number of anilines is 1. The Morgan fingerprint density at radius 3 is 2.50 bits per heavy atom. The lowest BCUT2D eigenvalue weighted by molar-refractivity contribution is -0.120. The van der Waals surface area contributed by atoms with Crippen molar-refractivity contribution in [3.8, 4) is 0 Å². The molecule has 0 spiro atoms. The van der Waals surface area contributed by atoms with E-state index in [1.165, 1.54) is 0 Å². The van der Waals surface area contributed by atoms with Crippen LogP contribution in [0.3, 0.4) is 0 Å². The first-order chi connectivity index (χ1) is 13.3. The van der Waals surface area contributed by atoms with E-state index in [2.05, 4.69) is 29.0 Å². The molecule has 2 fully saturated rings. The molecule has 0 aromatic carbocycles. The first-order valence-electron chi connectivity index (χ1n) is 10.2. The molecule has 1 saturated heterocycles. The zero-order chi connectivity index (χ0) is 20.1. The molecule has 8 heteroatoms. The second kappa shape index (κ2) is 9.22. The fraction of sp³-hybridized carbons (Fsp3) is 0.700. The number of pyridine rings is 1. The molecule has 1 amide bonds. The number of sulfone groups is 1. The Balaban J connectivity index is 1.45. The van der Waals surface area contributed by atoms with E-state index in [1.54, 1.807) is 6.20 Å². The van der Waals surface area contributed by atoms with Gasteiger partial charge in [0, 0.05) is 32.3 Å². The summed E-state index contributed by atoms with van der Waals surface area (Å²) in [4.78, 5) is 18.8. The Labute approximate surface area is 167 Å². The monoisotopic (exact) mass is 409 g/mol. The minimum Gasteiger partial charge on any atom is -0.372 e. The van der Waals surface area contributed by atoms with E-state index in [-0.39, 0.29) is 35.5 Å². The van der Waals surface area contributed by atoms with E-state index in [0.29, 0.717) is 6.54 Å². The maximum Gasteiger partial charge on any atom is 0.221 e. The highest BCUT2D eigenvalue weighted by Crippen LogP contribution is 2.25. The van der Waals surface area contributed by atoms with Gasteiger partial charge in [0.05, 0.1) is 23.2 Å². The molecule has 0 bridgehead atoms. The van der Waals surface area contributed by atoms with Crippen LogP contribution in [-0.2, 0) is 25.9 Å². The lowest BCUT2D eigenvalue weighted by Gasteiger charge is -2.36. The maximum atomic E-state index is 12.2. The van der Waals surface area contributed by atoms with Crippen molar-refractivity contribution < 1.29 is 17.9 Å². The summed E-state index contributed by atoms with van der Waals surface area (Å²) in [5, 5.41) is 2.55. The van der Waals surface area contributed by atoms with Crippen LogP contribution in [0.2, 0.25) is 0 Å². The molecule has 1 aromatic heterocycles. The summed E-state index contributed by atoms with van der Waals surface area (Å²) in [6.45, 7) is 6.08. The van der Waals surface area contributed by atoms with Gasteiger partial charge in [-0.3, -0.25) is 4.79 Å². The lowest BCUT2D eigenvalue weighted by Crippen LogP contribution is -2.45. The van der Waals surface area contributed by atoms with Crippen molar-refractivity contribution in [1.82, 2.24) is 10.3 Å². The van der Waals surface area contributed by atoms with Gasteiger partial charge in [0.1, 0.15) is 5.82 Å². The summed E-state index contributed by atoms with van der Waals surface area (Å²) in [5.41, 5.74) is 0.894. The predicted molar refractivity (Wildman–Crippen MR) is 109 cm³/mol. The van der Waals surface area contributed by atoms with Gasteiger partial charge in [0.2, 0.25) is 5.91 Å². The SMILES string of the molecule is C[C@@H]1CN(c2ccc(CNC(=O)CCS(=O)(=O)C3CCCC3)cn2)C[C@H](C)O1. The number of morpholine rings is 1. The van der Waals surface area contributed by atoms with Crippen molar-refractivity contribution in [2.75, 3.05) is 23.7 Å². The molecule has 1 aliphatic heterocycles. The van der Waals surface area contributed by atoms with Gasteiger partial charge in [-0.15, -0.1) is 0 Å². The van der Waals surface area contributed by atoms with Gasteiger partial charge in [0.15, 0.2) is 9.84 Å². The quantitative estimate of drug-likeness (QED) is 0.742. The molecule has 2 aliphatic rings. The molecule has 1 aromatic rings. The second-order valence-electron chi connectivity index (χ2n) is 7.99. The number of rotatable bonds is 7. The molecular formula is C20H31N3O4S. The molecule has 1 saturated carbocycles. The van der Waals surface area contributed by atoms with Crippen molar-refractivity contribution in [3.63, 3.8) is 0 Å². The van der Waals surface area contributed by atoms with Crippen LogP contribution in [0, 0.1) is 0 Å². The lowest BCUT2D eigenvalue weighted by atomic mass is 10.2. The third kappa shape index (κ3) is 5.67. The molecule has 3 rings (SSSR count). The highest BCUT2D eigenvalue weighted by Gasteiger charge is 2.28. The Hall–Kier alpha value is -1.67. The first-order valence-corrected chi connectivity index (χ1v) is 11.9. The summed E-state index contributed by atoms with van der Waals surface area (Å²) in [7, 11) is -3.15. The number of hydrogen-bond acceptors (Lipinski definition) is 6. The normalized spacial score (nSPS) is 23.7. The van der Waals surface area contributed by atoms with Crippen LogP contribution in [0.5, 0.6) is 0 Å². The van der Waals surface area contributed by atoms with Gasteiger partial charge in [-0.25, -0.2) is 13.4 Å². The highest BCUT2D eigenvalue weighted by molar-refractivity contribution is 7.92. The second-order valence-corrected chi connectivity index (χ2v) is 10.4. The molecule has 0 radical (unpaired) electrons. The number of ether oxygens (including phenoxy) is 1. The minimum atomic E-state index is -3.15. The predicted octanol–water partition coefficient (Wildman–Crippen LogP) is 2.06. The van der Waals surface area contributed by atoms with Crippen molar-refractivity contribution in [3.05, 3.63) is 23.9 Å². The zero-order valence-corrected chi connectivity index (χ0v) is 17.6. The minimum absolute atomic E-state index is 0.0217. The smallest absolute Gasteiger partial charge is 0.221 e. The Morgan fingerprint density at radius 1 is 1.21 bits per heavy atom. The van der Waals surface area contributed by atoms with Crippen LogP contribution >= 0.6 is 0 Å². The standard InChI is InChI=1S/C20H31N3O4S/c1-15-13-23(14-16(2)27-15)19-8-7-17(11-21-19)12-22-20(24)9-10-28(25,26)18-5-3-4-6-18/h7-8,11,15-16,18H,3-6,9-10,12-14H2,1-2H3,(H,22,24)/t15-,16+. The number of carbonyl (C=O) groups is 1. The van der Waals surface area contributed by atoms with Gasteiger partial charge >= 0.3 is 0 Å². The number of nitrogens with one attached hydrogen (secondary N) is 1. The third-order valence-electron chi connectivity index (χ3n) is 5.47. The third-order valence-corrected chi connectivity index (χ3v) is 7.73. The molecule has 156 valence electrons. The fourth-order valence-electron chi connectivity index (χ4n) is 4.01. The topological polar surface area (TPSA) is 88.6 Å². The van der Waals surface area contributed by atoms with E-state index < -0.39 is 9.84 Å². The molecule has 1 aliphatic carbocycles. The summed E-state index contributed by atoms with van der Waals surface area (Å²) < 4.78 is 30.2. The van der Waals surface area contributed by atoms with Crippen molar-refractivity contribution in [2.24, 2.45) is 0 Å². The van der Waals surface area contributed by atoms with E-state index in [0.717, 1.165) is 50.2 Å². The van der Waals surface area contributed by atoms with Crippen LogP contribution in [0.1, 0.15) is 51.5 Å². The summed E-state index contributed by atoms with van der Waals surface area (Å²) in [5.74, 6) is 0.606. The molecule has 2 atom stereocenters. The Bertz CT molecular complexity index is 750. The summed E-state index contributed by atoms with van der Waals surface area (Å²) in [6, 6.07) is 3.90.